The predicted molar refractivity (Wildman–Crippen MR) is 165 cm³/mol. The van der Waals surface area contributed by atoms with Crippen molar-refractivity contribution in [2.75, 3.05) is 64.6 Å². The van der Waals surface area contributed by atoms with E-state index in [0.717, 1.165) is 56.8 Å². The van der Waals surface area contributed by atoms with Crippen LogP contribution in [-0.2, 0) is 11.2 Å². The number of nitrogens with one attached hydrogen (secondary N) is 2. The van der Waals surface area contributed by atoms with Gasteiger partial charge in [-0.2, -0.15) is 0 Å². The molecular formula is C31H44N6O2. The van der Waals surface area contributed by atoms with E-state index in [4.69, 9.17) is 4.74 Å². The van der Waals surface area contributed by atoms with Gasteiger partial charge in [0.2, 0.25) is 0 Å². The van der Waals surface area contributed by atoms with Crippen molar-refractivity contribution < 1.29 is 9.53 Å². The number of methoxy groups -OCH3 is 1. The zero-order valence-corrected chi connectivity index (χ0v) is 24.1. The number of allylic oxidation sites excluding steroid dienone is 2. The fourth-order valence-electron chi connectivity index (χ4n) is 3.75. The Bertz CT molecular complexity index is 1110. The standard InChI is InChI=1S/C28H37N5O2.C3H7N/c1-5-6-7-15-29-28(35-4)31-26-21-25(13-8-22(26)2)30-27(34)24-11-9-23(10-12-24)14-16-33-19-17-32(3)18-20-33;1-3-4-2/h5,7-13,15,21H,1,6,14,16-20H2,2-4H3,(H,29,31)(H,30,34);3H,1-2H3/b15-7+;. The third-order valence-corrected chi connectivity index (χ3v) is 6.32. The summed E-state index contributed by atoms with van der Waals surface area (Å²) in [5, 5.41) is 6.16. The Morgan fingerprint density at radius 1 is 1.10 bits per heavy atom. The zero-order chi connectivity index (χ0) is 28.5. The number of aliphatic imine (C=N–C) groups is 2. The largest absolute Gasteiger partial charge is 0.468 e. The van der Waals surface area contributed by atoms with Crippen LogP contribution in [0.2, 0.25) is 0 Å². The van der Waals surface area contributed by atoms with Crippen LogP contribution in [-0.4, -0.2) is 81.9 Å². The quantitative estimate of drug-likeness (QED) is 0.262. The minimum atomic E-state index is -0.140. The summed E-state index contributed by atoms with van der Waals surface area (Å²) in [7, 11) is 5.48. The number of amidine groups is 1. The number of amides is 1. The predicted octanol–water partition coefficient (Wildman–Crippen LogP) is 5.25. The van der Waals surface area contributed by atoms with Crippen LogP contribution in [0.15, 0.2) is 77.4 Å². The minimum absolute atomic E-state index is 0.140. The summed E-state index contributed by atoms with van der Waals surface area (Å²) in [6.45, 7) is 13.1. The van der Waals surface area contributed by atoms with Gasteiger partial charge >= 0.3 is 0 Å². The first kappa shape index (κ1) is 31.5. The first-order valence-electron chi connectivity index (χ1n) is 13.3. The summed E-state index contributed by atoms with van der Waals surface area (Å²) in [5.74, 6) is -0.140. The number of aryl methyl sites for hydroxylation is 1. The molecule has 0 bridgehead atoms. The van der Waals surface area contributed by atoms with Gasteiger partial charge in [0.15, 0.2) is 0 Å². The molecule has 0 spiro atoms. The van der Waals surface area contributed by atoms with Gasteiger partial charge in [0.25, 0.3) is 11.9 Å². The van der Waals surface area contributed by atoms with E-state index < -0.39 is 0 Å². The number of rotatable bonds is 9. The topological polar surface area (TPSA) is 81.6 Å². The fourth-order valence-corrected chi connectivity index (χ4v) is 3.75. The molecule has 0 unspecified atom stereocenters. The van der Waals surface area contributed by atoms with E-state index in [0.29, 0.717) is 17.3 Å². The Balaban J connectivity index is 0.00000124. The van der Waals surface area contributed by atoms with E-state index in [1.807, 2.05) is 62.4 Å². The molecule has 2 N–H and O–H groups in total. The minimum Gasteiger partial charge on any atom is -0.468 e. The molecule has 3 rings (SSSR count). The molecule has 0 radical (unpaired) electrons. The molecule has 1 saturated heterocycles. The van der Waals surface area contributed by atoms with Crippen LogP contribution in [0.3, 0.4) is 0 Å². The molecule has 210 valence electrons. The highest BCUT2D eigenvalue weighted by Crippen LogP contribution is 2.21. The summed E-state index contributed by atoms with van der Waals surface area (Å²) < 4.78 is 5.32. The van der Waals surface area contributed by atoms with Crippen molar-refractivity contribution in [3.05, 3.63) is 84.1 Å². The molecule has 1 aliphatic rings. The van der Waals surface area contributed by atoms with E-state index in [-0.39, 0.29) is 5.91 Å². The number of hydrogen-bond donors (Lipinski definition) is 2. The van der Waals surface area contributed by atoms with Crippen molar-refractivity contribution in [2.24, 2.45) is 9.98 Å². The monoisotopic (exact) mass is 532 g/mol. The van der Waals surface area contributed by atoms with E-state index in [1.165, 1.54) is 5.56 Å². The van der Waals surface area contributed by atoms with Crippen LogP contribution in [0.5, 0.6) is 0 Å². The van der Waals surface area contributed by atoms with Crippen LogP contribution in [0.4, 0.5) is 11.4 Å². The average molecular weight is 533 g/mol. The van der Waals surface area contributed by atoms with E-state index >= 15 is 0 Å². The first-order valence-corrected chi connectivity index (χ1v) is 13.3. The Morgan fingerprint density at radius 3 is 2.41 bits per heavy atom. The molecule has 1 aliphatic heterocycles. The van der Waals surface area contributed by atoms with Crippen LogP contribution in [0.1, 0.15) is 34.8 Å². The number of ether oxygens (including phenoxy) is 1. The molecule has 1 fully saturated rings. The Morgan fingerprint density at radius 2 is 1.79 bits per heavy atom. The molecule has 8 heteroatoms. The number of carbonyl (C=O) groups excluding carboxylic acids is 1. The van der Waals surface area contributed by atoms with Gasteiger partial charge in [0.1, 0.15) is 0 Å². The molecule has 2 aromatic rings. The zero-order valence-electron chi connectivity index (χ0n) is 24.1. The number of anilines is 2. The Hall–Kier alpha value is -3.75. The van der Waals surface area contributed by atoms with Crippen LogP contribution in [0, 0.1) is 6.92 Å². The number of carbonyl (C=O) groups is 1. The van der Waals surface area contributed by atoms with Gasteiger partial charge in [-0.05, 0) is 75.3 Å². The number of nitrogens with zero attached hydrogens (tertiary/aromatic N) is 4. The molecule has 0 saturated carbocycles. The summed E-state index contributed by atoms with van der Waals surface area (Å²) in [5.41, 5.74) is 4.39. The third-order valence-electron chi connectivity index (χ3n) is 6.32. The van der Waals surface area contributed by atoms with Gasteiger partial charge in [0, 0.05) is 62.9 Å². The van der Waals surface area contributed by atoms with Crippen molar-refractivity contribution in [1.82, 2.24) is 9.80 Å². The Kier molecular flexibility index (Phi) is 14.3. The van der Waals surface area contributed by atoms with E-state index in [9.17, 15) is 4.79 Å². The van der Waals surface area contributed by atoms with Crippen LogP contribution in [0.25, 0.3) is 0 Å². The first-order chi connectivity index (χ1) is 18.9. The number of benzene rings is 2. The smallest absolute Gasteiger partial charge is 0.293 e. The molecule has 0 atom stereocenters. The molecule has 1 amide bonds. The van der Waals surface area contributed by atoms with Gasteiger partial charge in [-0.25, -0.2) is 4.99 Å². The van der Waals surface area contributed by atoms with Gasteiger partial charge in [-0.1, -0.05) is 30.4 Å². The maximum absolute atomic E-state index is 12.8. The highest BCUT2D eigenvalue weighted by Gasteiger charge is 2.13. The molecule has 8 nitrogen and oxygen atoms in total. The SMILES string of the molecule is C=CC/C=C/N=C(Nc1cc(NC(=O)c2ccc(CCN3CCN(C)CC3)cc2)ccc1C)OC.CC=NC. The van der Waals surface area contributed by atoms with E-state index in [1.54, 1.807) is 32.6 Å². The second-order valence-electron chi connectivity index (χ2n) is 9.26. The highest BCUT2D eigenvalue weighted by molar-refractivity contribution is 6.04. The molecule has 0 aliphatic carbocycles. The van der Waals surface area contributed by atoms with Crippen LogP contribution >= 0.6 is 0 Å². The van der Waals surface area contributed by atoms with Crippen molar-refractivity contribution in [1.29, 1.82) is 0 Å². The molecular weight excluding hydrogens is 488 g/mol. The maximum atomic E-state index is 12.8. The maximum Gasteiger partial charge on any atom is 0.293 e. The Labute approximate surface area is 234 Å². The summed E-state index contributed by atoms with van der Waals surface area (Å²) in [4.78, 5) is 25.6. The average Bonchev–Trinajstić information content (AvgIpc) is 2.96. The van der Waals surface area contributed by atoms with Crippen LogP contribution < -0.4 is 10.6 Å². The fraction of sp³-hybridized carbons (Fsp3) is 0.387. The van der Waals surface area contributed by atoms with Gasteiger partial charge < -0.3 is 30.2 Å². The van der Waals surface area contributed by atoms with Crippen molar-refractivity contribution in [2.45, 2.75) is 26.7 Å². The van der Waals surface area contributed by atoms with E-state index in [2.05, 4.69) is 44.0 Å². The lowest BCUT2D eigenvalue weighted by Crippen LogP contribution is -2.45. The third kappa shape index (κ3) is 11.7. The molecule has 1 heterocycles. The van der Waals surface area contributed by atoms with Gasteiger partial charge in [0.05, 0.1) is 7.11 Å². The van der Waals surface area contributed by atoms with Gasteiger partial charge in [-0.3, -0.25) is 4.79 Å². The van der Waals surface area contributed by atoms with Gasteiger partial charge in [-0.15, -0.1) is 6.58 Å². The van der Waals surface area contributed by atoms with Crippen molar-refractivity contribution in [3.8, 4) is 0 Å². The van der Waals surface area contributed by atoms with Crippen molar-refractivity contribution >= 4 is 29.5 Å². The lowest BCUT2D eigenvalue weighted by molar-refractivity contribution is 0.102. The summed E-state index contributed by atoms with van der Waals surface area (Å²) in [6, 6.07) is 14.0. The van der Waals surface area contributed by atoms with Crippen molar-refractivity contribution in [3.63, 3.8) is 0 Å². The second-order valence-corrected chi connectivity index (χ2v) is 9.26. The summed E-state index contributed by atoms with van der Waals surface area (Å²) in [6.07, 6.45) is 8.82. The molecule has 0 aromatic heterocycles. The lowest BCUT2D eigenvalue weighted by Gasteiger charge is -2.32. The lowest BCUT2D eigenvalue weighted by atomic mass is 10.1. The second kappa shape index (κ2) is 17.7. The molecule has 39 heavy (non-hydrogen) atoms. The molecule has 2 aromatic carbocycles. The number of hydrogen-bond acceptors (Lipinski definition) is 6. The highest BCUT2D eigenvalue weighted by atomic mass is 16.5. The normalized spacial score (nSPS) is 14.6. The summed E-state index contributed by atoms with van der Waals surface area (Å²) >= 11 is 0. The number of piperazine rings is 1. The number of likely N-dealkylation sites (N-methyl/N-ethyl adjacent to an activating group) is 1.